The van der Waals surface area contributed by atoms with E-state index in [9.17, 15) is 9.59 Å². The third-order valence-electron chi connectivity index (χ3n) is 8.80. The van der Waals surface area contributed by atoms with Gasteiger partial charge in [-0.25, -0.2) is 0 Å². The van der Waals surface area contributed by atoms with Gasteiger partial charge in [0, 0.05) is 37.8 Å². The minimum Gasteiger partial charge on any atom is -0.355 e. The molecule has 2 aliphatic heterocycles. The van der Waals surface area contributed by atoms with E-state index >= 15 is 0 Å². The number of rotatable bonds is 9. The zero-order valence-corrected chi connectivity index (χ0v) is 22.3. The minimum atomic E-state index is -0.635. The summed E-state index contributed by atoms with van der Waals surface area (Å²) < 4.78 is 0. The molecule has 0 saturated carbocycles. The highest BCUT2D eigenvalue weighted by atomic mass is 16.2. The van der Waals surface area contributed by atoms with Crippen molar-refractivity contribution in [3.05, 3.63) is 95.1 Å². The van der Waals surface area contributed by atoms with Gasteiger partial charge in [0.05, 0.1) is 0 Å². The lowest BCUT2D eigenvalue weighted by Crippen LogP contribution is -2.44. The van der Waals surface area contributed by atoms with Crippen molar-refractivity contribution >= 4 is 11.8 Å². The van der Waals surface area contributed by atoms with Crippen molar-refractivity contribution < 1.29 is 9.59 Å². The van der Waals surface area contributed by atoms with Crippen LogP contribution in [0.4, 0.5) is 0 Å². The number of carbonyl (C=O) groups excluding carboxylic acids is 2. The lowest BCUT2D eigenvalue weighted by molar-refractivity contribution is -0.125. The molecule has 6 rings (SSSR count). The molecule has 1 N–H and O–H groups in total. The van der Waals surface area contributed by atoms with Crippen LogP contribution in [-0.2, 0) is 16.8 Å². The first kappa shape index (κ1) is 24.9. The largest absolute Gasteiger partial charge is 0.355 e. The number of fused-ring (bicyclic) bond motifs is 4. The second kappa shape index (κ2) is 10.4. The SMILES string of the molecule is CCCNC(=O)C1(CCCCN2CCC(N3Cc4ccccc4C3=O)C2)c2ccccc2-c2ccccc21. The van der Waals surface area contributed by atoms with E-state index in [-0.39, 0.29) is 17.9 Å². The van der Waals surface area contributed by atoms with Gasteiger partial charge in [-0.1, -0.05) is 80.1 Å². The van der Waals surface area contributed by atoms with E-state index in [0.717, 1.165) is 80.5 Å². The first-order valence-electron chi connectivity index (χ1n) is 14.2. The molecule has 1 unspecified atom stereocenters. The second-order valence-electron chi connectivity index (χ2n) is 11.0. The normalized spacial score (nSPS) is 19.3. The maximum absolute atomic E-state index is 13.9. The van der Waals surface area contributed by atoms with Crippen LogP contribution in [0.25, 0.3) is 11.1 Å². The molecule has 1 saturated heterocycles. The molecule has 1 atom stereocenters. The summed E-state index contributed by atoms with van der Waals surface area (Å²) in [6.45, 7) is 6.50. The Hall–Kier alpha value is -3.44. The number of likely N-dealkylation sites (tertiary alicyclic amines) is 1. The van der Waals surface area contributed by atoms with Gasteiger partial charge >= 0.3 is 0 Å². The number of hydrogen-bond acceptors (Lipinski definition) is 3. The van der Waals surface area contributed by atoms with Crippen LogP contribution in [0.5, 0.6) is 0 Å². The van der Waals surface area contributed by atoms with Crippen LogP contribution in [0, 0.1) is 0 Å². The summed E-state index contributed by atoms with van der Waals surface area (Å²) >= 11 is 0. The monoisotopic (exact) mass is 507 g/mol. The second-order valence-corrected chi connectivity index (χ2v) is 11.0. The molecule has 38 heavy (non-hydrogen) atoms. The number of unbranched alkanes of at least 4 members (excludes halogenated alkanes) is 1. The molecule has 2 amide bonds. The van der Waals surface area contributed by atoms with Crippen LogP contribution in [0.15, 0.2) is 72.8 Å². The number of amides is 2. The molecule has 5 heteroatoms. The first-order valence-corrected chi connectivity index (χ1v) is 14.2. The Morgan fingerprint density at radius 3 is 2.26 bits per heavy atom. The van der Waals surface area contributed by atoms with Gasteiger partial charge in [0.15, 0.2) is 0 Å². The molecule has 0 bridgehead atoms. The lowest BCUT2D eigenvalue weighted by Gasteiger charge is -2.31. The molecule has 3 aromatic rings. The van der Waals surface area contributed by atoms with Gasteiger partial charge in [-0.3, -0.25) is 9.59 Å². The molecule has 0 aromatic heterocycles. The Balaban J connectivity index is 1.12. The first-order chi connectivity index (χ1) is 18.6. The minimum absolute atomic E-state index is 0.130. The fraction of sp³-hybridized carbons (Fsp3) is 0.394. The summed E-state index contributed by atoms with van der Waals surface area (Å²) in [4.78, 5) is 31.4. The van der Waals surface area contributed by atoms with Crippen LogP contribution in [0.1, 0.15) is 66.1 Å². The van der Waals surface area contributed by atoms with Crippen molar-refractivity contribution in [2.24, 2.45) is 0 Å². The molecule has 3 aromatic carbocycles. The van der Waals surface area contributed by atoms with Crippen molar-refractivity contribution in [3.8, 4) is 11.1 Å². The summed E-state index contributed by atoms with van der Waals surface area (Å²) in [5, 5.41) is 3.24. The molecular formula is C33H37N3O2. The van der Waals surface area contributed by atoms with Crippen molar-refractivity contribution in [2.75, 3.05) is 26.2 Å². The van der Waals surface area contributed by atoms with Crippen LogP contribution < -0.4 is 5.32 Å². The maximum atomic E-state index is 13.9. The molecule has 196 valence electrons. The highest BCUT2D eigenvalue weighted by molar-refractivity contribution is 6.00. The van der Waals surface area contributed by atoms with Crippen LogP contribution in [0.3, 0.4) is 0 Å². The number of benzene rings is 3. The third-order valence-corrected chi connectivity index (χ3v) is 8.80. The zero-order valence-electron chi connectivity index (χ0n) is 22.3. The van der Waals surface area contributed by atoms with Crippen molar-refractivity contribution in [3.63, 3.8) is 0 Å². The Kier molecular flexibility index (Phi) is 6.79. The van der Waals surface area contributed by atoms with Crippen LogP contribution in [0.2, 0.25) is 0 Å². The Morgan fingerprint density at radius 2 is 1.58 bits per heavy atom. The number of carbonyl (C=O) groups is 2. The molecule has 0 spiro atoms. The molecule has 1 aliphatic carbocycles. The molecule has 1 fully saturated rings. The average Bonchev–Trinajstić information content (AvgIpc) is 3.64. The third kappa shape index (κ3) is 4.14. The van der Waals surface area contributed by atoms with Gasteiger partial charge in [0.1, 0.15) is 5.41 Å². The topological polar surface area (TPSA) is 52.7 Å². The van der Waals surface area contributed by atoms with E-state index in [1.807, 2.05) is 18.2 Å². The molecule has 3 aliphatic rings. The number of hydrogen-bond donors (Lipinski definition) is 1. The van der Waals surface area contributed by atoms with Gasteiger partial charge in [0.2, 0.25) is 5.91 Å². The van der Waals surface area contributed by atoms with Crippen LogP contribution >= 0.6 is 0 Å². The Bertz CT molecular complexity index is 1300. The van der Waals surface area contributed by atoms with Crippen molar-refractivity contribution in [1.29, 1.82) is 0 Å². The van der Waals surface area contributed by atoms with E-state index in [2.05, 4.69) is 76.6 Å². The fourth-order valence-electron chi connectivity index (χ4n) is 6.91. The van der Waals surface area contributed by atoms with Gasteiger partial charge in [0.25, 0.3) is 5.91 Å². The molecule has 0 radical (unpaired) electrons. The van der Waals surface area contributed by atoms with E-state index in [4.69, 9.17) is 0 Å². The maximum Gasteiger partial charge on any atom is 0.254 e. The molecule has 2 heterocycles. The average molecular weight is 508 g/mol. The number of nitrogens with one attached hydrogen (secondary N) is 1. The standard InChI is InChI=1S/C33H37N3O2/c1-2-19-34-32(38)33(29-15-7-5-13-27(29)28-14-6-8-16-30(28)33)18-9-10-20-35-21-17-25(23-35)36-22-24-11-3-4-12-26(24)31(36)37/h3-8,11-16,25H,2,9-10,17-23H2,1H3,(H,34,38). The van der Waals surface area contributed by atoms with E-state index < -0.39 is 5.41 Å². The Morgan fingerprint density at radius 1 is 0.921 bits per heavy atom. The highest BCUT2D eigenvalue weighted by Crippen LogP contribution is 2.51. The Labute approximate surface area is 225 Å². The quantitative estimate of drug-likeness (QED) is 0.396. The van der Waals surface area contributed by atoms with E-state index in [1.165, 1.54) is 11.1 Å². The van der Waals surface area contributed by atoms with Crippen molar-refractivity contribution in [2.45, 2.75) is 57.0 Å². The van der Waals surface area contributed by atoms with E-state index in [1.54, 1.807) is 0 Å². The number of nitrogens with zero attached hydrogens (tertiary/aromatic N) is 2. The van der Waals surface area contributed by atoms with Crippen molar-refractivity contribution in [1.82, 2.24) is 15.1 Å². The van der Waals surface area contributed by atoms with E-state index in [0.29, 0.717) is 6.54 Å². The van der Waals surface area contributed by atoms with Gasteiger partial charge in [-0.15, -0.1) is 0 Å². The smallest absolute Gasteiger partial charge is 0.254 e. The predicted octanol–water partition coefficient (Wildman–Crippen LogP) is 5.38. The lowest BCUT2D eigenvalue weighted by atomic mass is 9.73. The summed E-state index contributed by atoms with van der Waals surface area (Å²) in [5.41, 5.74) is 6.05. The van der Waals surface area contributed by atoms with Gasteiger partial charge < -0.3 is 15.1 Å². The fourth-order valence-corrected chi connectivity index (χ4v) is 6.91. The molecule has 5 nitrogen and oxygen atoms in total. The highest BCUT2D eigenvalue weighted by Gasteiger charge is 2.48. The van der Waals surface area contributed by atoms with Gasteiger partial charge in [-0.05, 0) is 66.1 Å². The summed E-state index contributed by atoms with van der Waals surface area (Å²) in [6, 6.07) is 25.2. The zero-order chi connectivity index (χ0) is 26.1. The predicted molar refractivity (Wildman–Crippen MR) is 151 cm³/mol. The summed E-state index contributed by atoms with van der Waals surface area (Å²) in [6.07, 6.45) is 4.76. The molecular weight excluding hydrogens is 470 g/mol. The van der Waals surface area contributed by atoms with Gasteiger partial charge in [-0.2, -0.15) is 0 Å². The summed E-state index contributed by atoms with van der Waals surface area (Å²) in [5.74, 6) is 0.316. The summed E-state index contributed by atoms with van der Waals surface area (Å²) in [7, 11) is 0. The van der Waals surface area contributed by atoms with Crippen LogP contribution in [-0.4, -0.2) is 53.8 Å².